The van der Waals surface area contributed by atoms with E-state index in [0.717, 1.165) is 22.3 Å². The molecule has 2 atom stereocenters. The van der Waals surface area contributed by atoms with Crippen molar-refractivity contribution in [2.75, 3.05) is 6.61 Å². The molecule has 10 heteroatoms. The van der Waals surface area contributed by atoms with Gasteiger partial charge >= 0.3 is 19.9 Å². The van der Waals surface area contributed by atoms with Gasteiger partial charge in [0.1, 0.15) is 18.4 Å². The Morgan fingerprint density at radius 3 is 2.37 bits per heavy atom. The number of aliphatic carboxylic acids is 1. The summed E-state index contributed by atoms with van der Waals surface area (Å²) in [4.78, 5) is 33.8. The van der Waals surface area contributed by atoms with Crippen molar-refractivity contribution in [1.82, 2.24) is 5.32 Å². The summed E-state index contributed by atoms with van der Waals surface area (Å²) in [5, 5.41) is 12.1. The van der Waals surface area contributed by atoms with Crippen molar-refractivity contribution in [3.8, 4) is 16.9 Å². The number of carbonyl (C=O) groups is 2. The highest BCUT2D eigenvalue weighted by molar-refractivity contribution is 7.47. The van der Waals surface area contributed by atoms with Gasteiger partial charge in [-0.3, -0.25) is 9.42 Å². The second kappa shape index (κ2) is 9.19. The molecule has 1 aliphatic heterocycles. The number of carbonyl (C=O) groups excluding carboxylic acids is 1. The molecule has 9 nitrogen and oxygen atoms in total. The molecule has 1 unspecified atom stereocenters. The summed E-state index contributed by atoms with van der Waals surface area (Å²) in [6, 6.07) is 19.3. The third kappa shape index (κ3) is 4.79. The summed E-state index contributed by atoms with van der Waals surface area (Å²) in [6.07, 6.45) is -0.853. The van der Waals surface area contributed by atoms with Crippen molar-refractivity contribution >= 4 is 19.9 Å². The first-order chi connectivity index (χ1) is 16.8. The number of carboxylic acid groups (broad SMARTS) is 1. The van der Waals surface area contributed by atoms with Crippen LogP contribution in [0.3, 0.4) is 0 Å². The Labute approximate surface area is 200 Å². The zero-order valence-electron chi connectivity index (χ0n) is 18.4. The van der Waals surface area contributed by atoms with Gasteiger partial charge < -0.3 is 19.7 Å². The van der Waals surface area contributed by atoms with Crippen LogP contribution in [0.25, 0.3) is 11.1 Å². The van der Waals surface area contributed by atoms with Crippen LogP contribution in [0.4, 0.5) is 4.79 Å². The fourth-order valence-electron chi connectivity index (χ4n) is 4.48. The van der Waals surface area contributed by atoms with E-state index in [1.807, 2.05) is 48.5 Å². The highest BCUT2D eigenvalue weighted by atomic mass is 31.2. The van der Waals surface area contributed by atoms with E-state index in [4.69, 9.17) is 13.8 Å². The first-order valence-corrected chi connectivity index (χ1v) is 12.4. The normalized spacial score (nSPS) is 19.0. The molecule has 0 aromatic heterocycles. The number of hydrogen-bond donors (Lipinski definition) is 3. The molecule has 0 bridgehead atoms. The van der Waals surface area contributed by atoms with Crippen LogP contribution in [0, 0.1) is 0 Å². The van der Waals surface area contributed by atoms with Crippen LogP contribution in [0.1, 0.15) is 28.2 Å². The first-order valence-electron chi connectivity index (χ1n) is 10.9. The number of benzene rings is 3. The van der Waals surface area contributed by atoms with Crippen molar-refractivity contribution in [1.29, 1.82) is 0 Å². The van der Waals surface area contributed by atoms with Crippen LogP contribution >= 0.6 is 7.82 Å². The van der Waals surface area contributed by atoms with E-state index in [-0.39, 0.29) is 31.3 Å². The molecule has 1 amide bonds. The molecule has 1 aliphatic carbocycles. The number of hydrogen-bond acceptors (Lipinski definition) is 6. The predicted molar refractivity (Wildman–Crippen MR) is 125 cm³/mol. The molecule has 0 radical (unpaired) electrons. The van der Waals surface area contributed by atoms with Gasteiger partial charge in [0, 0.05) is 17.9 Å². The van der Waals surface area contributed by atoms with Gasteiger partial charge in [0.25, 0.3) is 0 Å². The summed E-state index contributed by atoms with van der Waals surface area (Å²) in [6.45, 7) is -0.0740. The summed E-state index contributed by atoms with van der Waals surface area (Å²) in [5.41, 5.74) is 5.39. The second-order valence-corrected chi connectivity index (χ2v) is 9.72. The molecule has 35 heavy (non-hydrogen) atoms. The lowest BCUT2D eigenvalue weighted by molar-refractivity contribution is -0.139. The Bertz CT molecular complexity index is 1310. The SMILES string of the molecule is O=C(N[C@@H](Cc1ccc2c(c1)COP(=O)(O)O2)C(=O)O)OCC1c2ccccc2-c2ccccc21. The third-order valence-electron chi connectivity index (χ3n) is 6.10. The number of fused-ring (bicyclic) bond motifs is 4. The van der Waals surface area contributed by atoms with Gasteiger partial charge in [-0.15, -0.1) is 0 Å². The molecule has 2 aliphatic rings. The van der Waals surface area contributed by atoms with Crippen molar-refractivity contribution in [2.24, 2.45) is 0 Å². The average Bonchev–Trinajstić information content (AvgIpc) is 3.15. The smallest absolute Gasteiger partial charge is 0.480 e. The first kappa shape index (κ1) is 23.1. The maximum absolute atomic E-state index is 12.5. The molecule has 0 fully saturated rings. The summed E-state index contributed by atoms with van der Waals surface area (Å²) in [5.74, 6) is -1.16. The van der Waals surface area contributed by atoms with Crippen molar-refractivity contribution in [3.63, 3.8) is 0 Å². The van der Waals surface area contributed by atoms with Gasteiger partial charge in [-0.1, -0.05) is 54.6 Å². The summed E-state index contributed by atoms with van der Waals surface area (Å²) in [7, 11) is -4.12. The topological polar surface area (TPSA) is 131 Å². The fraction of sp³-hybridized carbons (Fsp3) is 0.200. The minimum atomic E-state index is -4.12. The highest BCUT2D eigenvalue weighted by Crippen LogP contribution is 2.50. The van der Waals surface area contributed by atoms with Crippen LogP contribution in [0.2, 0.25) is 0 Å². The molecule has 5 rings (SSSR count). The average molecular weight is 495 g/mol. The van der Waals surface area contributed by atoms with Gasteiger partial charge in [-0.05, 0) is 39.9 Å². The monoisotopic (exact) mass is 495 g/mol. The van der Waals surface area contributed by atoms with Crippen molar-refractivity contribution in [3.05, 3.63) is 89.0 Å². The number of nitrogens with one attached hydrogen (secondary N) is 1. The molecule has 3 N–H and O–H groups in total. The molecule has 0 saturated carbocycles. The Kier molecular flexibility index (Phi) is 6.06. The Morgan fingerprint density at radius 1 is 1.06 bits per heavy atom. The lowest BCUT2D eigenvalue weighted by Crippen LogP contribution is -2.43. The molecular weight excluding hydrogens is 473 g/mol. The number of ether oxygens (including phenoxy) is 1. The van der Waals surface area contributed by atoms with E-state index in [1.54, 1.807) is 12.1 Å². The highest BCUT2D eigenvalue weighted by Gasteiger charge is 2.31. The summed E-state index contributed by atoms with van der Waals surface area (Å²) >= 11 is 0. The summed E-state index contributed by atoms with van der Waals surface area (Å²) < 4.78 is 26.7. The van der Waals surface area contributed by atoms with Gasteiger partial charge in [0.15, 0.2) is 0 Å². The number of phosphoric acid groups is 1. The minimum absolute atomic E-state index is 0.0242. The number of phosphoric ester groups is 1. The number of carboxylic acids is 1. The van der Waals surface area contributed by atoms with Crippen LogP contribution in [-0.4, -0.2) is 34.7 Å². The molecule has 1 heterocycles. The van der Waals surface area contributed by atoms with E-state index in [1.165, 1.54) is 6.07 Å². The molecule has 3 aromatic carbocycles. The molecule has 0 spiro atoms. The standard InChI is InChI=1S/C25H22NO8P/c27-24(28)22(12-15-9-10-23-16(11-15)13-33-35(30,31)34-23)26-25(29)32-14-21-19-7-3-1-5-17(19)18-6-2-4-8-20(18)21/h1-11,21-22H,12-14H2,(H,26,29)(H,27,28)(H,30,31)/t22-/m0/s1. The number of alkyl carbamates (subject to hydrolysis) is 1. The van der Waals surface area contributed by atoms with Crippen molar-refractivity contribution < 1.29 is 37.9 Å². The lowest BCUT2D eigenvalue weighted by Gasteiger charge is -2.22. The van der Waals surface area contributed by atoms with E-state index < -0.39 is 25.9 Å². The predicted octanol–water partition coefficient (Wildman–Crippen LogP) is 4.23. The van der Waals surface area contributed by atoms with E-state index >= 15 is 0 Å². The number of rotatable bonds is 6. The number of amides is 1. The Hall–Kier alpha value is -3.65. The van der Waals surface area contributed by atoms with Gasteiger partial charge in [-0.2, -0.15) is 0 Å². The van der Waals surface area contributed by atoms with E-state index in [0.29, 0.717) is 11.1 Å². The van der Waals surface area contributed by atoms with Gasteiger partial charge in [-0.25, -0.2) is 14.2 Å². The van der Waals surface area contributed by atoms with Crippen LogP contribution in [0.15, 0.2) is 66.7 Å². The third-order valence-corrected chi connectivity index (χ3v) is 6.98. The molecule has 0 saturated heterocycles. The fourth-order valence-corrected chi connectivity index (χ4v) is 5.26. The van der Waals surface area contributed by atoms with Crippen molar-refractivity contribution in [2.45, 2.75) is 25.0 Å². The van der Waals surface area contributed by atoms with Crippen LogP contribution < -0.4 is 9.84 Å². The maximum Gasteiger partial charge on any atom is 0.527 e. The Morgan fingerprint density at radius 2 is 1.71 bits per heavy atom. The van der Waals surface area contributed by atoms with Crippen LogP contribution in [0.5, 0.6) is 5.75 Å². The lowest BCUT2D eigenvalue weighted by atomic mass is 9.98. The quantitative estimate of drug-likeness (QED) is 0.433. The zero-order valence-corrected chi connectivity index (χ0v) is 19.3. The van der Waals surface area contributed by atoms with E-state index in [9.17, 15) is 24.2 Å². The molecule has 3 aromatic rings. The van der Waals surface area contributed by atoms with Crippen LogP contribution in [-0.2, 0) is 31.6 Å². The second-order valence-electron chi connectivity index (χ2n) is 8.34. The molecule has 180 valence electrons. The maximum atomic E-state index is 12.5. The zero-order chi connectivity index (χ0) is 24.6. The van der Waals surface area contributed by atoms with Gasteiger partial charge in [0.05, 0.1) is 6.61 Å². The Balaban J connectivity index is 1.24. The minimum Gasteiger partial charge on any atom is -0.480 e. The molecular formula is C25H22NO8P. The van der Waals surface area contributed by atoms with Gasteiger partial charge in [0.2, 0.25) is 0 Å². The largest absolute Gasteiger partial charge is 0.527 e. The van der Waals surface area contributed by atoms with E-state index in [2.05, 4.69) is 5.32 Å².